The molecule has 19 heavy (non-hydrogen) atoms. The molecule has 0 aromatic heterocycles. The van der Waals surface area contributed by atoms with Gasteiger partial charge in [-0.15, -0.1) is 0 Å². The molecule has 0 atom stereocenters. The van der Waals surface area contributed by atoms with Gasteiger partial charge in [0.25, 0.3) is 0 Å². The Morgan fingerprint density at radius 1 is 1.05 bits per heavy atom. The van der Waals surface area contributed by atoms with Gasteiger partial charge in [0.15, 0.2) is 0 Å². The summed E-state index contributed by atoms with van der Waals surface area (Å²) < 4.78 is 0.540. The van der Waals surface area contributed by atoms with E-state index in [1.54, 1.807) is 0 Å². The van der Waals surface area contributed by atoms with Crippen molar-refractivity contribution in [1.29, 1.82) is 0 Å². The molecule has 0 radical (unpaired) electrons. The first kappa shape index (κ1) is 15.9. The predicted octanol–water partition coefficient (Wildman–Crippen LogP) is 3.28. The monoisotopic (exact) mass is 362 g/mol. The van der Waals surface area contributed by atoms with E-state index >= 15 is 0 Å². The van der Waals surface area contributed by atoms with E-state index in [1.807, 2.05) is 18.2 Å². The number of benzene rings is 1. The van der Waals surface area contributed by atoms with Crippen LogP contribution in [0.15, 0.2) is 30.3 Å². The van der Waals surface area contributed by atoms with Crippen molar-refractivity contribution < 1.29 is 14.0 Å². The van der Waals surface area contributed by atoms with Gasteiger partial charge in [-0.3, -0.25) is 0 Å². The molecule has 0 amide bonds. The van der Waals surface area contributed by atoms with Gasteiger partial charge in [0.1, 0.15) is 0 Å². The fourth-order valence-electron chi connectivity index (χ4n) is 2.65. The molecule has 0 aliphatic carbocycles. The molecule has 1 heterocycles. The summed E-state index contributed by atoms with van der Waals surface area (Å²) in [6.45, 7) is 3.25. The predicted molar refractivity (Wildman–Crippen MR) is 78.1 cm³/mol. The van der Waals surface area contributed by atoms with Gasteiger partial charge in [-0.1, -0.05) is 0 Å². The van der Waals surface area contributed by atoms with E-state index in [-0.39, 0.29) is 0 Å². The number of quaternary nitrogens is 1. The minimum atomic E-state index is -3.10. The van der Waals surface area contributed by atoms with Crippen LogP contribution >= 0.6 is 30.1 Å². The van der Waals surface area contributed by atoms with Crippen LogP contribution in [0.5, 0.6) is 0 Å². The van der Waals surface area contributed by atoms with E-state index in [0.717, 1.165) is 26.6 Å². The van der Waals surface area contributed by atoms with E-state index in [1.165, 1.54) is 5.56 Å². The first-order chi connectivity index (χ1) is 8.82. The number of rotatable bonds is 3. The van der Waals surface area contributed by atoms with E-state index in [0.29, 0.717) is 3.47 Å². The topological polar surface area (TPSA) is 6.48 Å². The number of hydrogen-bond acceptors (Lipinski definition) is 2. The first-order valence-corrected chi connectivity index (χ1v) is 11.9. The molecule has 108 valence electrons. The van der Waals surface area contributed by atoms with Crippen molar-refractivity contribution in [3.05, 3.63) is 35.9 Å². The van der Waals surface area contributed by atoms with Gasteiger partial charge in [-0.05, 0) is 0 Å². The summed E-state index contributed by atoms with van der Waals surface area (Å²) in [5.74, 6) is 0. The quantitative estimate of drug-likeness (QED) is 0.813. The van der Waals surface area contributed by atoms with Crippen LogP contribution in [0.25, 0.3) is 0 Å². The van der Waals surface area contributed by atoms with Crippen molar-refractivity contribution >= 4 is 30.1 Å². The Bertz CT molecular complexity index is 414. The van der Waals surface area contributed by atoms with Crippen LogP contribution in [0.1, 0.15) is 5.56 Å². The minimum absolute atomic E-state index is 0.540. The molecule has 0 saturated carbocycles. The molecule has 0 bridgehead atoms. The van der Waals surface area contributed by atoms with E-state index in [9.17, 15) is 0 Å². The number of halogens is 3. The standard InChI is InChI=1S/C12H19N3.3ClH.Cr/c1-13-9-14(2)11-15(10-13)8-12-6-4-3-5-7-12;;;;/h3-7H,8-11H2,1-2H3;3*1H;/q;;;;+4/p-3. The summed E-state index contributed by atoms with van der Waals surface area (Å²) in [4.78, 5) is 4.43. The van der Waals surface area contributed by atoms with Crippen molar-refractivity contribution in [3.8, 4) is 0 Å². The Morgan fingerprint density at radius 2 is 1.58 bits per heavy atom. The number of hydrogen-bond donors (Lipinski definition) is 0. The van der Waals surface area contributed by atoms with Crippen LogP contribution in [-0.2, 0) is 17.1 Å². The molecule has 1 aromatic rings. The van der Waals surface area contributed by atoms with Gasteiger partial charge >= 0.3 is 130 Å². The maximum atomic E-state index is 6.46. The summed E-state index contributed by atoms with van der Waals surface area (Å²) >= 11 is 0. The van der Waals surface area contributed by atoms with Crippen LogP contribution in [-0.4, -0.2) is 47.4 Å². The second-order valence-electron chi connectivity index (χ2n) is 5.22. The molecule has 7 heteroatoms. The van der Waals surface area contributed by atoms with Gasteiger partial charge < -0.3 is 0 Å². The normalized spacial score (nSPS) is 22.4. The summed E-state index contributed by atoms with van der Waals surface area (Å²) in [6, 6.07) is 10.3. The van der Waals surface area contributed by atoms with Crippen molar-refractivity contribution in [1.82, 2.24) is 9.80 Å². The molecule has 3 nitrogen and oxygen atoms in total. The van der Waals surface area contributed by atoms with Crippen LogP contribution in [0, 0.1) is 0 Å². The summed E-state index contributed by atoms with van der Waals surface area (Å²) in [5, 5.41) is 0. The molecule has 0 unspecified atom stereocenters. The fraction of sp³-hybridized carbons (Fsp3) is 0.500. The number of nitrogens with zero attached hydrogens (tertiary/aromatic N) is 3. The molecule has 1 saturated heterocycles. The third-order valence-corrected chi connectivity index (χ3v) is 8.79. The van der Waals surface area contributed by atoms with Crippen molar-refractivity contribution in [2.75, 3.05) is 34.1 Å². The van der Waals surface area contributed by atoms with E-state index < -0.39 is 10.5 Å². The van der Waals surface area contributed by atoms with E-state index in [2.05, 4.69) is 36.0 Å². The average molecular weight is 364 g/mol. The molecule has 0 spiro atoms. The Kier molecular flexibility index (Phi) is 5.09. The molecule has 1 fully saturated rings. The second-order valence-corrected chi connectivity index (χ2v) is 15.1. The molecule has 1 aromatic carbocycles. The van der Waals surface area contributed by atoms with Crippen molar-refractivity contribution in [3.63, 3.8) is 0 Å². The van der Waals surface area contributed by atoms with E-state index in [4.69, 9.17) is 30.1 Å². The fourth-order valence-corrected chi connectivity index (χ4v) is 5.82. The van der Waals surface area contributed by atoms with Gasteiger partial charge in [0, 0.05) is 0 Å². The zero-order chi connectivity index (χ0) is 14.1. The molecule has 0 N–H and O–H groups in total. The van der Waals surface area contributed by atoms with Crippen LogP contribution in [0.4, 0.5) is 0 Å². The molecule has 1 aliphatic rings. The van der Waals surface area contributed by atoms with Gasteiger partial charge in [-0.2, -0.15) is 0 Å². The summed E-state index contributed by atoms with van der Waals surface area (Å²) in [7, 11) is 20.4. The van der Waals surface area contributed by atoms with Gasteiger partial charge in [-0.25, -0.2) is 0 Å². The molecular formula is C12H19Cl3CrN3+. The SMILES string of the molecule is CN1CN(C)C[N+](Cc2ccccc2)([Cr]([Cl])([Cl])[Cl])C1. The Balaban J connectivity index is 2.30. The van der Waals surface area contributed by atoms with Crippen LogP contribution in [0.2, 0.25) is 0 Å². The third kappa shape index (κ3) is 3.78. The summed E-state index contributed by atoms with van der Waals surface area (Å²) in [6.07, 6.45) is 0. The van der Waals surface area contributed by atoms with Crippen LogP contribution in [0.3, 0.4) is 0 Å². The summed E-state index contributed by atoms with van der Waals surface area (Å²) in [5.41, 5.74) is 1.22. The third-order valence-electron chi connectivity index (χ3n) is 3.23. The Hall–Kier alpha value is 0.502. The van der Waals surface area contributed by atoms with Gasteiger partial charge in [0.05, 0.1) is 0 Å². The average Bonchev–Trinajstić information content (AvgIpc) is 2.27. The molecule has 2 rings (SSSR count). The first-order valence-electron chi connectivity index (χ1n) is 6.02. The van der Waals surface area contributed by atoms with Crippen molar-refractivity contribution in [2.24, 2.45) is 0 Å². The van der Waals surface area contributed by atoms with Gasteiger partial charge in [0.2, 0.25) is 0 Å². The Labute approximate surface area is 130 Å². The zero-order valence-electron chi connectivity index (χ0n) is 11.1. The molecular weight excluding hydrogens is 345 g/mol. The Morgan fingerprint density at radius 3 is 2.05 bits per heavy atom. The molecule has 1 aliphatic heterocycles. The van der Waals surface area contributed by atoms with Crippen molar-refractivity contribution in [2.45, 2.75) is 6.54 Å². The second kappa shape index (κ2) is 6.09. The van der Waals surface area contributed by atoms with Crippen LogP contribution < -0.4 is 0 Å². The maximum absolute atomic E-state index is 6.46. The zero-order valence-corrected chi connectivity index (χ0v) is 14.6.